The van der Waals surface area contributed by atoms with E-state index >= 15 is 0 Å². The molecule has 1 N–H and O–H groups in total. The van der Waals surface area contributed by atoms with Gasteiger partial charge in [0.15, 0.2) is 5.69 Å². The van der Waals surface area contributed by atoms with Gasteiger partial charge in [-0.05, 0) is 32.1 Å². The zero-order valence-electron chi connectivity index (χ0n) is 13.4. The van der Waals surface area contributed by atoms with Gasteiger partial charge in [-0.25, -0.2) is 4.98 Å². The minimum absolute atomic E-state index is 0.119. The van der Waals surface area contributed by atoms with Crippen molar-refractivity contribution in [3.05, 3.63) is 35.7 Å². The number of hydrogen-bond donors (Lipinski definition) is 1. The van der Waals surface area contributed by atoms with Crippen LogP contribution in [0.25, 0.3) is 0 Å². The third kappa shape index (κ3) is 3.02. The van der Waals surface area contributed by atoms with Crippen molar-refractivity contribution in [2.45, 2.75) is 56.4 Å². The van der Waals surface area contributed by atoms with E-state index in [4.69, 9.17) is 4.52 Å². The molecule has 2 aliphatic rings. The molecule has 0 bridgehead atoms. The molecule has 2 fully saturated rings. The number of nitrogens with zero attached hydrogens (tertiary/aromatic N) is 3. The van der Waals surface area contributed by atoms with Crippen molar-refractivity contribution in [2.24, 2.45) is 7.05 Å². The van der Waals surface area contributed by atoms with Gasteiger partial charge in [-0.3, -0.25) is 4.79 Å². The number of carbonyl (C=O) groups is 1. The van der Waals surface area contributed by atoms with E-state index in [2.05, 4.69) is 20.0 Å². The Balaban J connectivity index is 1.39. The average molecular weight is 314 g/mol. The lowest BCUT2D eigenvalue weighted by atomic mass is 9.85. The highest BCUT2D eigenvalue weighted by Crippen LogP contribution is 2.40. The van der Waals surface area contributed by atoms with Crippen LogP contribution in [0.1, 0.15) is 72.4 Å². The Hall–Kier alpha value is -2.11. The molecular weight excluding hydrogens is 292 g/mol. The first-order valence-electron chi connectivity index (χ1n) is 8.45. The zero-order chi connectivity index (χ0) is 15.8. The average Bonchev–Trinajstić information content (AvgIpc) is 3.11. The summed E-state index contributed by atoms with van der Waals surface area (Å²) >= 11 is 0. The second kappa shape index (κ2) is 5.83. The molecule has 2 aromatic heterocycles. The lowest BCUT2D eigenvalue weighted by molar-refractivity contribution is 0.0915. The summed E-state index contributed by atoms with van der Waals surface area (Å²) in [4.78, 5) is 16.8. The van der Waals surface area contributed by atoms with E-state index in [1.807, 2.05) is 19.4 Å². The maximum Gasteiger partial charge on any atom is 0.273 e. The number of imidazole rings is 1. The fraction of sp³-hybridized carbons (Fsp3) is 0.588. The van der Waals surface area contributed by atoms with Crippen LogP contribution in [0.3, 0.4) is 0 Å². The summed E-state index contributed by atoms with van der Waals surface area (Å²) in [6, 6.07) is 1.98. The predicted octanol–water partition coefficient (Wildman–Crippen LogP) is 2.74. The third-order valence-electron chi connectivity index (χ3n) is 4.97. The van der Waals surface area contributed by atoms with E-state index in [0.29, 0.717) is 17.5 Å². The van der Waals surface area contributed by atoms with Crippen LogP contribution in [0.5, 0.6) is 0 Å². The minimum Gasteiger partial charge on any atom is -0.360 e. The Morgan fingerprint density at radius 2 is 2.17 bits per heavy atom. The Morgan fingerprint density at radius 3 is 2.91 bits per heavy atom. The van der Waals surface area contributed by atoms with Gasteiger partial charge in [-0.15, -0.1) is 0 Å². The SMILES string of the molecule is Cn1ccnc1[C@H]1CCC[C@H](NC(=O)c2cc(C3CC3)on2)C1. The molecule has 0 radical (unpaired) electrons. The molecule has 23 heavy (non-hydrogen) atoms. The van der Waals surface area contributed by atoms with E-state index in [9.17, 15) is 4.79 Å². The quantitative estimate of drug-likeness (QED) is 0.942. The first-order valence-corrected chi connectivity index (χ1v) is 8.45. The molecule has 2 atom stereocenters. The van der Waals surface area contributed by atoms with Crippen molar-refractivity contribution in [1.29, 1.82) is 0 Å². The highest BCUT2D eigenvalue weighted by Gasteiger charge is 2.30. The van der Waals surface area contributed by atoms with E-state index in [1.54, 1.807) is 6.07 Å². The molecule has 4 rings (SSSR count). The Bertz CT molecular complexity index is 701. The maximum atomic E-state index is 12.4. The largest absolute Gasteiger partial charge is 0.360 e. The van der Waals surface area contributed by atoms with Gasteiger partial charge in [0.05, 0.1) is 0 Å². The predicted molar refractivity (Wildman–Crippen MR) is 84.1 cm³/mol. The highest BCUT2D eigenvalue weighted by atomic mass is 16.5. The van der Waals surface area contributed by atoms with Gasteiger partial charge in [0.2, 0.25) is 0 Å². The molecule has 0 saturated heterocycles. The van der Waals surface area contributed by atoms with Crippen molar-refractivity contribution in [2.75, 3.05) is 0 Å². The second-order valence-electron chi connectivity index (χ2n) is 6.82. The van der Waals surface area contributed by atoms with E-state index in [0.717, 1.165) is 50.1 Å². The molecule has 0 unspecified atom stereocenters. The van der Waals surface area contributed by atoms with Crippen molar-refractivity contribution < 1.29 is 9.32 Å². The van der Waals surface area contributed by atoms with Crippen LogP contribution in [0.2, 0.25) is 0 Å². The number of amides is 1. The number of aryl methyl sites for hydroxylation is 1. The number of hydrogen-bond acceptors (Lipinski definition) is 4. The van der Waals surface area contributed by atoms with Crippen LogP contribution in [0.4, 0.5) is 0 Å². The highest BCUT2D eigenvalue weighted by molar-refractivity contribution is 5.92. The fourth-order valence-corrected chi connectivity index (χ4v) is 3.54. The number of rotatable bonds is 4. The third-order valence-corrected chi connectivity index (χ3v) is 4.97. The second-order valence-corrected chi connectivity index (χ2v) is 6.82. The van der Waals surface area contributed by atoms with Crippen LogP contribution < -0.4 is 5.32 Å². The number of nitrogens with one attached hydrogen (secondary N) is 1. The lowest BCUT2D eigenvalue weighted by Crippen LogP contribution is -2.38. The fourth-order valence-electron chi connectivity index (χ4n) is 3.54. The van der Waals surface area contributed by atoms with Gasteiger partial charge < -0.3 is 14.4 Å². The first kappa shape index (κ1) is 14.5. The molecule has 0 aliphatic heterocycles. The summed E-state index contributed by atoms with van der Waals surface area (Å²) in [6.45, 7) is 0. The van der Waals surface area contributed by atoms with E-state index < -0.39 is 0 Å². The smallest absolute Gasteiger partial charge is 0.273 e. The normalized spacial score (nSPS) is 24.6. The van der Waals surface area contributed by atoms with Crippen LogP contribution in [-0.2, 0) is 7.05 Å². The van der Waals surface area contributed by atoms with E-state index in [-0.39, 0.29) is 11.9 Å². The zero-order valence-corrected chi connectivity index (χ0v) is 13.4. The van der Waals surface area contributed by atoms with Gasteiger partial charge in [-0.1, -0.05) is 11.6 Å². The Morgan fingerprint density at radius 1 is 1.30 bits per heavy atom. The Kier molecular flexibility index (Phi) is 3.67. The summed E-state index contributed by atoms with van der Waals surface area (Å²) in [5, 5.41) is 7.04. The van der Waals surface area contributed by atoms with Crippen LogP contribution in [0.15, 0.2) is 23.0 Å². The molecule has 1 amide bonds. The molecule has 2 aliphatic carbocycles. The van der Waals surface area contributed by atoms with Gasteiger partial charge in [0.25, 0.3) is 5.91 Å². The number of aromatic nitrogens is 3. The first-order chi connectivity index (χ1) is 11.2. The van der Waals surface area contributed by atoms with Crippen molar-refractivity contribution in [3.8, 4) is 0 Å². The molecule has 2 saturated carbocycles. The summed E-state index contributed by atoms with van der Waals surface area (Å²) < 4.78 is 7.35. The lowest BCUT2D eigenvalue weighted by Gasteiger charge is -2.29. The molecule has 2 aromatic rings. The van der Waals surface area contributed by atoms with Gasteiger partial charge in [0, 0.05) is 43.4 Å². The van der Waals surface area contributed by atoms with Crippen molar-refractivity contribution >= 4 is 5.91 Å². The molecule has 122 valence electrons. The number of carbonyl (C=O) groups excluding carboxylic acids is 1. The van der Waals surface area contributed by atoms with Gasteiger partial charge in [0.1, 0.15) is 11.6 Å². The topological polar surface area (TPSA) is 73.0 Å². The molecular formula is C17H22N4O2. The standard InChI is InChI=1S/C17H22N4O2/c1-21-8-7-18-16(21)12-3-2-4-13(9-12)19-17(22)14-10-15(23-20-14)11-5-6-11/h7-8,10-13H,2-6,9H2,1H3,(H,19,22)/t12-,13-/m0/s1. The summed E-state index contributed by atoms with van der Waals surface area (Å²) in [5.74, 6) is 2.73. The van der Waals surface area contributed by atoms with Gasteiger partial charge in [-0.2, -0.15) is 0 Å². The van der Waals surface area contributed by atoms with Crippen molar-refractivity contribution in [3.63, 3.8) is 0 Å². The van der Waals surface area contributed by atoms with Gasteiger partial charge >= 0.3 is 0 Å². The summed E-state index contributed by atoms with van der Waals surface area (Å²) in [7, 11) is 2.03. The monoisotopic (exact) mass is 314 g/mol. The molecule has 0 aromatic carbocycles. The summed E-state index contributed by atoms with van der Waals surface area (Å²) in [5.41, 5.74) is 0.408. The molecule has 6 nitrogen and oxygen atoms in total. The van der Waals surface area contributed by atoms with E-state index in [1.165, 1.54) is 0 Å². The molecule has 0 spiro atoms. The van der Waals surface area contributed by atoms with Crippen LogP contribution >= 0.6 is 0 Å². The maximum absolute atomic E-state index is 12.4. The Labute approximate surface area is 135 Å². The summed E-state index contributed by atoms with van der Waals surface area (Å²) in [6.07, 6.45) is 10.3. The molecule has 2 heterocycles. The van der Waals surface area contributed by atoms with Crippen LogP contribution in [0, 0.1) is 0 Å². The van der Waals surface area contributed by atoms with Crippen LogP contribution in [-0.4, -0.2) is 26.7 Å². The minimum atomic E-state index is -0.119. The molecule has 6 heteroatoms. The van der Waals surface area contributed by atoms with Crippen molar-refractivity contribution in [1.82, 2.24) is 20.0 Å².